The summed E-state index contributed by atoms with van der Waals surface area (Å²) in [6, 6.07) is 18.1. The molecule has 0 aliphatic heterocycles. The smallest absolute Gasteiger partial charge is 1.00 e. The van der Waals surface area contributed by atoms with Gasteiger partial charge >= 0.3 is 163 Å². The van der Waals surface area contributed by atoms with Crippen LogP contribution in [0, 0.1) is 0 Å². The number of fused-ring (bicyclic) bond motifs is 5. The Morgan fingerprint density at radius 1 is 0.929 bits per heavy atom. The topological polar surface area (TPSA) is 0 Å². The molecule has 0 amide bonds. The molecule has 0 spiro atoms. The molecule has 1 unspecified atom stereocenters. The second-order valence-corrected chi connectivity index (χ2v) is 15.1. The SMILES string of the molecule is C[C](C)=[Zr+2]([C]1=CC=CC1)[CH]1C=Cc2ccc3ccc4ccccc4c3c21.[Cl-].[Cl-]. The number of hydrogen-bond donors (Lipinski definition) is 0. The van der Waals surface area contributed by atoms with Gasteiger partial charge in [-0.3, -0.25) is 0 Å². The predicted octanol–water partition coefficient (Wildman–Crippen LogP) is 0.743. The zero-order chi connectivity index (χ0) is 17.7. The molecule has 3 aromatic rings. The summed E-state index contributed by atoms with van der Waals surface area (Å²) in [6.45, 7) is 4.76. The van der Waals surface area contributed by atoms with Crippen LogP contribution in [-0.4, -0.2) is 3.21 Å². The molecule has 140 valence electrons. The minimum atomic E-state index is -1.91. The molecule has 0 saturated heterocycles. The minimum absolute atomic E-state index is 0. The number of rotatable bonds is 2. The second-order valence-electron chi connectivity index (χ2n) is 7.53. The third kappa shape index (κ3) is 3.43. The van der Waals surface area contributed by atoms with Gasteiger partial charge in [0, 0.05) is 0 Å². The number of halogens is 2. The molecule has 5 rings (SSSR count). The number of benzene rings is 3. The van der Waals surface area contributed by atoms with Crippen molar-refractivity contribution in [2.75, 3.05) is 0 Å². The van der Waals surface area contributed by atoms with Crippen molar-refractivity contribution < 1.29 is 46.1 Å². The molecule has 3 aromatic carbocycles. The molecule has 0 radical (unpaired) electrons. The Kier molecular flexibility index (Phi) is 6.60. The molecule has 0 N–H and O–H groups in total. The van der Waals surface area contributed by atoms with Crippen LogP contribution in [0.1, 0.15) is 35.0 Å². The van der Waals surface area contributed by atoms with Gasteiger partial charge < -0.3 is 24.8 Å². The van der Waals surface area contributed by atoms with Crippen molar-refractivity contribution in [1.29, 1.82) is 0 Å². The Bertz CT molecular complexity index is 1180. The van der Waals surface area contributed by atoms with Gasteiger partial charge in [-0.15, -0.1) is 0 Å². The molecule has 2 aliphatic carbocycles. The van der Waals surface area contributed by atoms with Crippen LogP contribution in [0.5, 0.6) is 0 Å². The Balaban J connectivity index is 0.00000112. The zero-order valence-electron chi connectivity index (χ0n) is 16.0. The van der Waals surface area contributed by atoms with E-state index in [1.165, 1.54) is 33.5 Å². The fourth-order valence-electron chi connectivity index (χ4n) is 4.64. The Hall–Kier alpha value is -1.27. The molecule has 0 fully saturated rings. The van der Waals surface area contributed by atoms with Crippen molar-refractivity contribution in [3.63, 3.8) is 0 Å². The molecule has 28 heavy (non-hydrogen) atoms. The summed E-state index contributed by atoms with van der Waals surface area (Å²) in [7, 11) is 0. The predicted molar refractivity (Wildman–Crippen MR) is 111 cm³/mol. The van der Waals surface area contributed by atoms with Crippen molar-refractivity contribution >= 4 is 30.8 Å². The maximum atomic E-state index is 2.52. The first-order chi connectivity index (χ1) is 12.7. The average molecular weight is 485 g/mol. The van der Waals surface area contributed by atoms with E-state index in [4.69, 9.17) is 0 Å². The van der Waals surface area contributed by atoms with Crippen molar-refractivity contribution in [3.05, 3.63) is 87.2 Å². The molecular formula is C25H22Cl2Zr. The minimum Gasteiger partial charge on any atom is -1.00 e. The molecule has 2 aliphatic rings. The van der Waals surface area contributed by atoms with Crippen LogP contribution in [0.25, 0.3) is 27.6 Å². The van der Waals surface area contributed by atoms with Crippen LogP contribution in [-0.2, 0) is 21.3 Å². The molecule has 0 saturated carbocycles. The summed E-state index contributed by atoms with van der Waals surface area (Å²) in [6.07, 6.45) is 13.1. The van der Waals surface area contributed by atoms with Gasteiger partial charge in [0.25, 0.3) is 0 Å². The van der Waals surface area contributed by atoms with E-state index in [2.05, 4.69) is 92.8 Å². The number of allylic oxidation sites excluding steroid dienone is 5. The first-order valence-corrected chi connectivity index (χ1v) is 13.3. The van der Waals surface area contributed by atoms with Crippen LogP contribution in [0.3, 0.4) is 0 Å². The summed E-state index contributed by atoms with van der Waals surface area (Å²) in [5.41, 5.74) is 3.03. The van der Waals surface area contributed by atoms with Gasteiger partial charge in [0.15, 0.2) is 0 Å². The Morgan fingerprint density at radius 2 is 1.68 bits per heavy atom. The summed E-state index contributed by atoms with van der Waals surface area (Å²) in [4.78, 5) is 0. The molecule has 1 atom stereocenters. The van der Waals surface area contributed by atoms with E-state index in [9.17, 15) is 0 Å². The van der Waals surface area contributed by atoms with Gasteiger partial charge in [0.2, 0.25) is 0 Å². The maximum absolute atomic E-state index is 2.52. The zero-order valence-corrected chi connectivity index (χ0v) is 20.0. The van der Waals surface area contributed by atoms with Crippen molar-refractivity contribution in [2.24, 2.45) is 0 Å². The van der Waals surface area contributed by atoms with Crippen LogP contribution in [0.4, 0.5) is 0 Å². The quantitative estimate of drug-likeness (QED) is 0.471. The van der Waals surface area contributed by atoms with E-state index in [0.717, 1.165) is 0 Å². The summed E-state index contributed by atoms with van der Waals surface area (Å²) >= 11 is -1.91. The van der Waals surface area contributed by atoms with E-state index in [1.54, 1.807) is 12.1 Å². The van der Waals surface area contributed by atoms with Crippen molar-refractivity contribution in [3.8, 4) is 0 Å². The van der Waals surface area contributed by atoms with E-state index in [0.29, 0.717) is 3.63 Å². The molecular weight excluding hydrogens is 462 g/mol. The monoisotopic (exact) mass is 482 g/mol. The number of hydrogen-bond acceptors (Lipinski definition) is 0. The van der Waals surface area contributed by atoms with Crippen molar-refractivity contribution in [2.45, 2.75) is 23.9 Å². The van der Waals surface area contributed by atoms with Crippen LogP contribution < -0.4 is 24.8 Å². The summed E-state index contributed by atoms with van der Waals surface area (Å²) < 4.78 is 4.06. The van der Waals surface area contributed by atoms with E-state index in [-0.39, 0.29) is 24.8 Å². The van der Waals surface area contributed by atoms with E-state index < -0.39 is 21.3 Å². The maximum Gasteiger partial charge on any atom is -1.00 e. The third-order valence-electron chi connectivity index (χ3n) is 5.73. The first kappa shape index (κ1) is 21.4. The van der Waals surface area contributed by atoms with Crippen LogP contribution in [0.15, 0.2) is 76.1 Å². The molecule has 0 aromatic heterocycles. The molecule has 0 nitrogen and oxygen atoms in total. The fraction of sp³-hybridized carbons (Fsp3) is 0.160. The van der Waals surface area contributed by atoms with E-state index >= 15 is 0 Å². The molecule has 0 bridgehead atoms. The fourth-order valence-corrected chi connectivity index (χ4v) is 12.4. The van der Waals surface area contributed by atoms with Gasteiger partial charge in [-0.25, -0.2) is 0 Å². The van der Waals surface area contributed by atoms with E-state index in [1.807, 2.05) is 0 Å². The van der Waals surface area contributed by atoms with Gasteiger partial charge in [-0.2, -0.15) is 0 Å². The normalized spacial score (nSPS) is 16.2. The average Bonchev–Trinajstić information content (AvgIpc) is 3.32. The standard InChI is InChI=1S/C17H11.C5H5.C3H6.2ClH.Zr/c1-2-6-15-12(4-1)8-10-14-11-9-13-5-3-7-16(13)17(14)15;1-2-4-5-3-1;1-3-2;;;/h1-11H;1-3H,4H2;1-2H3;2*1H;/q;;;;;+2/p-2. The van der Waals surface area contributed by atoms with Gasteiger partial charge in [0.05, 0.1) is 0 Å². The molecule has 0 heterocycles. The third-order valence-corrected chi connectivity index (χ3v) is 13.7. The van der Waals surface area contributed by atoms with Crippen LogP contribution >= 0.6 is 0 Å². The van der Waals surface area contributed by atoms with Crippen molar-refractivity contribution in [1.82, 2.24) is 0 Å². The van der Waals surface area contributed by atoms with Gasteiger partial charge in [-0.1, -0.05) is 0 Å². The second kappa shape index (κ2) is 8.62. The van der Waals surface area contributed by atoms with Crippen LogP contribution in [0.2, 0.25) is 0 Å². The largest absolute Gasteiger partial charge is 1.00 e. The van der Waals surface area contributed by atoms with Gasteiger partial charge in [-0.05, 0) is 0 Å². The summed E-state index contributed by atoms with van der Waals surface area (Å²) in [5, 5.41) is 5.63. The first-order valence-electron chi connectivity index (χ1n) is 9.40. The Labute approximate surface area is 187 Å². The summed E-state index contributed by atoms with van der Waals surface area (Å²) in [5.74, 6) is 0. The van der Waals surface area contributed by atoms with Gasteiger partial charge in [0.1, 0.15) is 0 Å². The Morgan fingerprint density at radius 3 is 2.43 bits per heavy atom. The molecule has 3 heteroatoms.